The van der Waals surface area contributed by atoms with Crippen LogP contribution in [0.5, 0.6) is 0 Å². The number of fused-ring (bicyclic) bond motifs is 1. The van der Waals surface area contributed by atoms with Crippen molar-refractivity contribution in [1.29, 1.82) is 0 Å². The smallest absolute Gasteiger partial charge is 0.288 e. The summed E-state index contributed by atoms with van der Waals surface area (Å²) in [5, 5.41) is 2.71. The van der Waals surface area contributed by atoms with E-state index in [0.29, 0.717) is 25.9 Å². The summed E-state index contributed by atoms with van der Waals surface area (Å²) < 4.78 is 13.0. The van der Waals surface area contributed by atoms with E-state index < -0.39 is 17.6 Å². The highest BCUT2D eigenvalue weighted by Gasteiger charge is 2.50. The van der Waals surface area contributed by atoms with Gasteiger partial charge in [0, 0.05) is 19.1 Å². The van der Waals surface area contributed by atoms with E-state index in [0.717, 1.165) is 5.56 Å². The molecule has 0 saturated carbocycles. The molecule has 2 heterocycles. The number of carbonyl (C=O) groups excluding carboxylic acids is 3. The largest absolute Gasteiger partial charge is 0.346 e. The fourth-order valence-corrected chi connectivity index (χ4v) is 3.56. The lowest BCUT2D eigenvalue weighted by Crippen LogP contribution is -2.62. The van der Waals surface area contributed by atoms with Crippen molar-refractivity contribution in [1.82, 2.24) is 10.2 Å². The summed E-state index contributed by atoms with van der Waals surface area (Å²) in [7, 11) is 0. The van der Waals surface area contributed by atoms with Gasteiger partial charge in [0.2, 0.25) is 11.7 Å². The molecule has 0 spiro atoms. The van der Waals surface area contributed by atoms with Crippen LogP contribution in [0.2, 0.25) is 0 Å². The van der Waals surface area contributed by atoms with Crippen molar-refractivity contribution in [3.8, 4) is 0 Å². The van der Waals surface area contributed by atoms with Gasteiger partial charge in [-0.1, -0.05) is 19.1 Å². The zero-order chi connectivity index (χ0) is 16.6. The highest BCUT2D eigenvalue weighted by atomic mass is 19.1. The number of Topliss-reactive ketones (excluding diaryl/α,β-unsaturated/α-hetero) is 1. The van der Waals surface area contributed by atoms with E-state index in [1.165, 1.54) is 12.1 Å². The number of carbonyl (C=O) groups is 3. The van der Waals surface area contributed by atoms with Crippen molar-refractivity contribution in [2.24, 2.45) is 11.8 Å². The maximum absolute atomic E-state index is 13.0. The average molecular weight is 318 g/mol. The number of likely N-dealkylation sites (tertiary alicyclic amines) is 1. The predicted molar refractivity (Wildman–Crippen MR) is 80.6 cm³/mol. The first-order chi connectivity index (χ1) is 11.0. The SMILES string of the molecule is CCC1NC(=O)C(=O)C2C(=O)N(Cc3ccc(F)cc3)CCC12. The standard InChI is InChI=1S/C17H19FN2O3/c1-2-13-12-7-8-20(9-10-3-5-11(18)6-4-10)17(23)14(12)15(21)16(22)19-13/h3-6,12-14H,2,7-9H2,1H3,(H,19,22). The van der Waals surface area contributed by atoms with Crippen molar-refractivity contribution < 1.29 is 18.8 Å². The molecule has 1 aromatic carbocycles. The van der Waals surface area contributed by atoms with Gasteiger partial charge in [0.15, 0.2) is 0 Å². The fraction of sp³-hybridized carbons (Fsp3) is 0.471. The van der Waals surface area contributed by atoms with Crippen LogP contribution in [0.1, 0.15) is 25.3 Å². The third-order valence-electron chi connectivity index (χ3n) is 4.80. The van der Waals surface area contributed by atoms with Gasteiger partial charge in [0.05, 0.1) is 0 Å². The molecule has 0 aliphatic carbocycles. The van der Waals surface area contributed by atoms with E-state index in [9.17, 15) is 18.8 Å². The number of nitrogens with zero attached hydrogens (tertiary/aromatic N) is 1. The van der Waals surface area contributed by atoms with Crippen molar-refractivity contribution >= 4 is 17.6 Å². The maximum atomic E-state index is 13.0. The summed E-state index contributed by atoms with van der Waals surface area (Å²) in [6.45, 7) is 2.80. The lowest BCUT2D eigenvalue weighted by molar-refractivity contribution is -0.157. The number of amides is 2. The van der Waals surface area contributed by atoms with Crippen molar-refractivity contribution in [3.63, 3.8) is 0 Å². The Hall–Kier alpha value is -2.24. The van der Waals surface area contributed by atoms with Gasteiger partial charge in [-0.2, -0.15) is 0 Å². The third-order valence-corrected chi connectivity index (χ3v) is 4.80. The second kappa shape index (κ2) is 6.10. The van der Waals surface area contributed by atoms with Gasteiger partial charge in [-0.15, -0.1) is 0 Å². The molecule has 5 nitrogen and oxygen atoms in total. The number of hydrogen-bond acceptors (Lipinski definition) is 3. The summed E-state index contributed by atoms with van der Waals surface area (Å²) in [6.07, 6.45) is 1.38. The van der Waals surface area contributed by atoms with Crippen LogP contribution >= 0.6 is 0 Å². The normalized spacial score (nSPS) is 27.7. The Kier molecular flexibility index (Phi) is 4.15. The first-order valence-corrected chi connectivity index (χ1v) is 7.89. The van der Waals surface area contributed by atoms with Gasteiger partial charge >= 0.3 is 0 Å². The highest BCUT2D eigenvalue weighted by Crippen LogP contribution is 2.33. The molecular formula is C17H19FN2O3. The van der Waals surface area contributed by atoms with Crippen LogP contribution in [0, 0.1) is 17.7 Å². The molecule has 2 saturated heterocycles. The number of halogens is 1. The van der Waals surface area contributed by atoms with Gasteiger partial charge in [-0.05, 0) is 36.5 Å². The molecular weight excluding hydrogens is 299 g/mol. The Labute approximate surface area is 133 Å². The Balaban J connectivity index is 1.79. The Bertz CT molecular complexity index is 644. The molecule has 3 rings (SSSR count). The second-order valence-corrected chi connectivity index (χ2v) is 6.17. The zero-order valence-corrected chi connectivity index (χ0v) is 12.9. The molecule has 3 atom stereocenters. The van der Waals surface area contributed by atoms with E-state index in [1.54, 1.807) is 17.0 Å². The third kappa shape index (κ3) is 2.85. The van der Waals surface area contributed by atoms with Crippen molar-refractivity contribution in [2.45, 2.75) is 32.4 Å². The van der Waals surface area contributed by atoms with E-state index in [4.69, 9.17) is 0 Å². The molecule has 122 valence electrons. The van der Waals surface area contributed by atoms with Crippen LogP contribution in [0.3, 0.4) is 0 Å². The van der Waals surface area contributed by atoms with Gasteiger partial charge < -0.3 is 10.2 Å². The van der Waals surface area contributed by atoms with Gasteiger partial charge in [-0.25, -0.2) is 4.39 Å². The number of rotatable bonds is 3. The van der Waals surface area contributed by atoms with Crippen molar-refractivity contribution in [2.75, 3.05) is 6.54 Å². The lowest BCUT2D eigenvalue weighted by Gasteiger charge is -2.43. The zero-order valence-electron chi connectivity index (χ0n) is 12.9. The molecule has 0 radical (unpaired) electrons. The minimum Gasteiger partial charge on any atom is -0.346 e. The molecule has 1 aromatic rings. The number of ketones is 1. The Morgan fingerprint density at radius 3 is 2.57 bits per heavy atom. The highest BCUT2D eigenvalue weighted by molar-refractivity contribution is 6.41. The second-order valence-electron chi connectivity index (χ2n) is 6.17. The molecule has 23 heavy (non-hydrogen) atoms. The number of nitrogens with one attached hydrogen (secondary N) is 1. The average Bonchev–Trinajstić information content (AvgIpc) is 2.55. The molecule has 6 heteroatoms. The lowest BCUT2D eigenvalue weighted by atomic mass is 9.73. The summed E-state index contributed by atoms with van der Waals surface area (Å²) >= 11 is 0. The van der Waals surface area contributed by atoms with Crippen LogP contribution < -0.4 is 5.32 Å². The predicted octanol–water partition coefficient (Wildman–Crippen LogP) is 1.27. The van der Waals surface area contributed by atoms with Crippen LogP contribution in [0.4, 0.5) is 4.39 Å². The first kappa shape index (κ1) is 15.6. The number of hydrogen-bond donors (Lipinski definition) is 1. The van der Waals surface area contributed by atoms with Crippen LogP contribution in [-0.4, -0.2) is 35.1 Å². The van der Waals surface area contributed by atoms with E-state index in [1.807, 2.05) is 6.92 Å². The number of benzene rings is 1. The maximum Gasteiger partial charge on any atom is 0.288 e. The molecule has 2 amide bonds. The molecule has 0 aromatic heterocycles. The minimum absolute atomic E-state index is 0.123. The molecule has 2 aliphatic rings. The Morgan fingerprint density at radius 1 is 1.22 bits per heavy atom. The Morgan fingerprint density at radius 2 is 1.91 bits per heavy atom. The van der Waals surface area contributed by atoms with E-state index in [-0.39, 0.29) is 23.7 Å². The quantitative estimate of drug-likeness (QED) is 0.674. The van der Waals surface area contributed by atoms with E-state index >= 15 is 0 Å². The molecule has 0 bridgehead atoms. The summed E-state index contributed by atoms with van der Waals surface area (Å²) in [5.41, 5.74) is 0.804. The van der Waals surface area contributed by atoms with Crippen LogP contribution in [0.25, 0.3) is 0 Å². The monoisotopic (exact) mass is 318 g/mol. The van der Waals surface area contributed by atoms with Gasteiger partial charge in [0.1, 0.15) is 11.7 Å². The summed E-state index contributed by atoms with van der Waals surface area (Å²) in [6, 6.07) is 5.82. The van der Waals surface area contributed by atoms with Crippen molar-refractivity contribution in [3.05, 3.63) is 35.6 Å². The summed E-state index contributed by atoms with van der Waals surface area (Å²) in [4.78, 5) is 38.3. The van der Waals surface area contributed by atoms with Crippen LogP contribution in [0.15, 0.2) is 24.3 Å². The molecule has 2 aliphatic heterocycles. The number of piperidine rings is 2. The molecule has 1 N–H and O–H groups in total. The van der Waals surface area contributed by atoms with E-state index in [2.05, 4.69) is 5.32 Å². The topological polar surface area (TPSA) is 66.5 Å². The fourth-order valence-electron chi connectivity index (χ4n) is 3.56. The molecule has 2 fully saturated rings. The first-order valence-electron chi connectivity index (χ1n) is 7.89. The van der Waals surface area contributed by atoms with Gasteiger partial charge in [-0.3, -0.25) is 14.4 Å². The molecule has 3 unspecified atom stereocenters. The van der Waals surface area contributed by atoms with Gasteiger partial charge in [0.25, 0.3) is 5.91 Å². The minimum atomic E-state index is -0.872. The van der Waals surface area contributed by atoms with Crippen LogP contribution in [-0.2, 0) is 20.9 Å². The summed E-state index contributed by atoms with van der Waals surface area (Å²) in [5.74, 6) is -2.90.